The molecule has 2 N–H and O–H groups in total. The number of carbonyl (C=O) groups excluding carboxylic acids is 1. The molecule has 0 spiro atoms. The second-order valence-corrected chi connectivity index (χ2v) is 4.32. The van der Waals surface area contributed by atoms with E-state index in [1.54, 1.807) is 0 Å². The van der Waals surface area contributed by atoms with Gasteiger partial charge < -0.3 is 15.4 Å². The Morgan fingerprint density at radius 2 is 2.06 bits per heavy atom. The minimum absolute atomic E-state index is 0.0356. The van der Waals surface area contributed by atoms with Crippen molar-refractivity contribution in [3.05, 3.63) is 0 Å². The molecule has 0 radical (unpaired) electrons. The van der Waals surface area contributed by atoms with Gasteiger partial charge in [-0.05, 0) is 6.92 Å². The van der Waals surface area contributed by atoms with E-state index < -0.39 is 12.8 Å². The summed E-state index contributed by atoms with van der Waals surface area (Å²) in [6, 6.07) is 0. The number of likely N-dealkylation sites (tertiary alicyclic amines) is 1. The van der Waals surface area contributed by atoms with E-state index in [0.29, 0.717) is 13.1 Å². The van der Waals surface area contributed by atoms with E-state index in [-0.39, 0.29) is 24.5 Å². The van der Waals surface area contributed by atoms with Gasteiger partial charge in [-0.1, -0.05) is 0 Å². The number of halogens is 3. The maximum atomic E-state index is 11.7. The van der Waals surface area contributed by atoms with Crippen LogP contribution in [0, 0.1) is 0 Å². The Hall–Kier alpha value is -0.820. The number of hydrogen-bond acceptors (Lipinski definition) is 3. The highest BCUT2D eigenvalue weighted by Crippen LogP contribution is 2.18. The molecule has 1 aliphatic heterocycles. The first-order valence-corrected chi connectivity index (χ1v) is 4.91. The van der Waals surface area contributed by atoms with Gasteiger partial charge in [0.25, 0.3) is 0 Å². The van der Waals surface area contributed by atoms with Crippen LogP contribution in [-0.4, -0.2) is 48.8 Å². The van der Waals surface area contributed by atoms with E-state index in [0.717, 1.165) is 0 Å². The quantitative estimate of drug-likeness (QED) is 0.729. The van der Waals surface area contributed by atoms with Crippen LogP contribution in [0.3, 0.4) is 0 Å². The third-order valence-corrected chi connectivity index (χ3v) is 2.18. The fraction of sp³-hybridized carbons (Fsp3) is 0.889. The third kappa shape index (κ3) is 4.36. The average Bonchev–Trinajstić information content (AvgIpc) is 2.06. The van der Waals surface area contributed by atoms with Crippen molar-refractivity contribution in [2.75, 3.05) is 26.3 Å². The Morgan fingerprint density at radius 3 is 2.50 bits per heavy atom. The fourth-order valence-electron chi connectivity index (χ4n) is 1.51. The Labute approximate surface area is 91.5 Å². The maximum Gasteiger partial charge on any atom is 0.411 e. The molecule has 0 saturated carbocycles. The van der Waals surface area contributed by atoms with Gasteiger partial charge in [0, 0.05) is 18.6 Å². The van der Waals surface area contributed by atoms with Crippen molar-refractivity contribution in [2.24, 2.45) is 5.73 Å². The van der Waals surface area contributed by atoms with Gasteiger partial charge in [-0.2, -0.15) is 13.2 Å². The van der Waals surface area contributed by atoms with Gasteiger partial charge in [-0.3, -0.25) is 4.79 Å². The molecule has 16 heavy (non-hydrogen) atoms. The average molecular weight is 240 g/mol. The molecule has 0 aliphatic carbocycles. The lowest BCUT2D eigenvalue weighted by atomic mass is 9.93. The van der Waals surface area contributed by atoms with E-state index in [1.165, 1.54) is 4.90 Å². The predicted molar refractivity (Wildman–Crippen MR) is 50.7 cm³/mol. The van der Waals surface area contributed by atoms with Crippen LogP contribution >= 0.6 is 0 Å². The summed E-state index contributed by atoms with van der Waals surface area (Å²) in [5.74, 6) is -0.218. The number of alkyl halides is 3. The van der Waals surface area contributed by atoms with Gasteiger partial charge in [0.2, 0.25) is 5.91 Å². The summed E-state index contributed by atoms with van der Waals surface area (Å²) in [6.45, 7) is 1.19. The van der Waals surface area contributed by atoms with Gasteiger partial charge in [-0.25, -0.2) is 0 Å². The van der Waals surface area contributed by atoms with Crippen molar-refractivity contribution in [3.8, 4) is 0 Å². The molecule has 7 heteroatoms. The first-order chi connectivity index (χ1) is 7.20. The molecular weight excluding hydrogens is 225 g/mol. The summed E-state index contributed by atoms with van der Waals surface area (Å²) in [5.41, 5.74) is 5.33. The van der Waals surface area contributed by atoms with Crippen LogP contribution in [0.15, 0.2) is 0 Å². The van der Waals surface area contributed by atoms with Crippen LogP contribution in [0.5, 0.6) is 0 Å². The summed E-state index contributed by atoms with van der Waals surface area (Å²) in [7, 11) is 0. The van der Waals surface area contributed by atoms with E-state index in [2.05, 4.69) is 4.74 Å². The number of carbonyl (C=O) groups is 1. The van der Waals surface area contributed by atoms with Crippen molar-refractivity contribution >= 4 is 5.91 Å². The Kier molecular flexibility index (Phi) is 3.80. The van der Waals surface area contributed by atoms with Gasteiger partial charge in [-0.15, -0.1) is 0 Å². The van der Waals surface area contributed by atoms with Crippen molar-refractivity contribution in [1.82, 2.24) is 4.90 Å². The molecule has 4 nitrogen and oxygen atoms in total. The Morgan fingerprint density at radius 1 is 1.50 bits per heavy atom. The number of rotatable bonds is 4. The topological polar surface area (TPSA) is 55.6 Å². The largest absolute Gasteiger partial charge is 0.411 e. The molecule has 1 amide bonds. The monoisotopic (exact) mass is 240 g/mol. The summed E-state index contributed by atoms with van der Waals surface area (Å²) in [5, 5.41) is 0. The van der Waals surface area contributed by atoms with Gasteiger partial charge in [0.1, 0.15) is 6.61 Å². The summed E-state index contributed by atoms with van der Waals surface area (Å²) < 4.78 is 39.4. The van der Waals surface area contributed by atoms with Crippen molar-refractivity contribution < 1.29 is 22.7 Å². The van der Waals surface area contributed by atoms with E-state index >= 15 is 0 Å². The molecule has 0 aromatic heterocycles. The molecule has 0 atom stereocenters. The zero-order valence-electron chi connectivity index (χ0n) is 9.01. The second-order valence-electron chi connectivity index (χ2n) is 4.32. The second kappa shape index (κ2) is 4.58. The highest BCUT2D eigenvalue weighted by molar-refractivity contribution is 5.77. The maximum absolute atomic E-state index is 11.7. The molecule has 94 valence electrons. The Balaban J connectivity index is 2.08. The molecule has 0 aromatic rings. The molecule has 1 saturated heterocycles. The van der Waals surface area contributed by atoms with Gasteiger partial charge in [0.15, 0.2) is 0 Å². The molecule has 1 rings (SSSR count). The summed E-state index contributed by atoms with van der Waals surface area (Å²) in [6.07, 6.45) is -4.37. The number of ether oxygens (including phenoxy) is 1. The standard InChI is InChI=1S/C9H15F3N2O2/c1-8(13)4-14(5-8)7(15)2-3-16-6-9(10,11)12/h2-6,13H2,1H3. The highest BCUT2D eigenvalue weighted by atomic mass is 19.4. The molecule has 0 bridgehead atoms. The molecule has 0 aromatic carbocycles. The third-order valence-electron chi connectivity index (χ3n) is 2.18. The molecule has 1 heterocycles. The SMILES string of the molecule is CC1(N)CN(C(=O)CCOCC(F)(F)F)C1. The predicted octanol–water partition coefficient (Wildman–Crippen LogP) is 0.515. The van der Waals surface area contributed by atoms with Crippen LogP contribution in [0.25, 0.3) is 0 Å². The zero-order chi connectivity index (χ0) is 12.4. The minimum Gasteiger partial charge on any atom is -0.372 e. The Bertz CT molecular complexity index is 258. The minimum atomic E-state index is -4.34. The number of nitrogens with two attached hydrogens (primary N) is 1. The van der Waals surface area contributed by atoms with Crippen LogP contribution in [0.1, 0.15) is 13.3 Å². The van der Waals surface area contributed by atoms with Crippen LogP contribution in [0.4, 0.5) is 13.2 Å². The smallest absolute Gasteiger partial charge is 0.372 e. The summed E-state index contributed by atoms with van der Waals surface area (Å²) >= 11 is 0. The summed E-state index contributed by atoms with van der Waals surface area (Å²) in [4.78, 5) is 12.9. The number of hydrogen-bond donors (Lipinski definition) is 1. The van der Waals surface area contributed by atoms with Gasteiger partial charge in [0.05, 0.1) is 13.0 Å². The van der Waals surface area contributed by atoms with Crippen LogP contribution in [-0.2, 0) is 9.53 Å². The van der Waals surface area contributed by atoms with Gasteiger partial charge >= 0.3 is 6.18 Å². The first-order valence-electron chi connectivity index (χ1n) is 4.91. The lowest BCUT2D eigenvalue weighted by Gasteiger charge is -2.45. The zero-order valence-corrected chi connectivity index (χ0v) is 9.01. The fourth-order valence-corrected chi connectivity index (χ4v) is 1.51. The van der Waals surface area contributed by atoms with Crippen molar-refractivity contribution in [2.45, 2.75) is 25.1 Å². The normalized spacial score (nSPS) is 19.4. The van der Waals surface area contributed by atoms with E-state index in [9.17, 15) is 18.0 Å². The lowest BCUT2D eigenvalue weighted by molar-refractivity contribution is -0.175. The van der Waals surface area contributed by atoms with Crippen molar-refractivity contribution in [3.63, 3.8) is 0 Å². The highest BCUT2D eigenvalue weighted by Gasteiger charge is 2.37. The van der Waals surface area contributed by atoms with Crippen molar-refractivity contribution in [1.29, 1.82) is 0 Å². The molecular formula is C9H15F3N2O2. The molecule has 1 aliphatic rings. The lowest BCUT2D eigenvalue weighted by Crippen LogP contribution is -2.66. The van der Waals surface area contributed by atoms with Crippen LogP contribution < -0.4 is 5.73 Å². The number of amides is 1. The van der Waals surface area contributed by atoms with E-state index in [4.69, 9.17) is 5.73 Å². The first kappa shape index (κ1) is 13.2. The molecule has 1 fully saturated rings. The number of nitrogens with zero attached hydrogens (tertiary/aromatic N) is 1. The van der Waals surface area contributed by atoms with E-state index in [1.807, 2.05) is 6.92 Å². The van der Waals surface area contributed by atoms with Crippen LogP contribution in [0.2, 0.25) is 0 Å². The molecule has 0 unspecified atom stereocenters.